The first-order valence-electron chi connectivity index (χ1n) is 5.72. The van der Waals surface area contributed by atoms with E-state index >= 15 is 0 Å². The summed E-state index contributed by atoms with van der Waals surface area (Å²) in [7, 11) is 0. The van der Waals surface area contributed by atoms with Crippen molar-refractivity contribution in [1.82, 2.24) is 0 Å². The number of nitro groups is 1. The number of benzene rings is 1. The molecule has 0 aliphatic heterocycles. The zero-order chi connectivity index (χ0) is 13.3. The van der Waals surface area contributed by atoms with Gasteiger partial charge in [-0.3, -0.25) is 14.9 Å². The van der Waals surface area contributed by atoms with Crippen LogP contribution in [-0.2, 0) is 4.79 Å². The Hall–Kier alpha value is -2.11. The van der Waals surface area contributed by atoms with Crippen LogP contribution in [0.25, 0.3) is 0 Å². The van der Waals surface area contributed by atoms with E-state index in [1.165, 1.54) is 6.07 Å². The molecule has 0 aromatic heterocycles. The predicted octanol–water partition coefficient (Wildman–Crippen LogP) is 1.96. The fourth-order valence-electron chi connectivity index (χ4n) is 1.99. The molecule has 1 saturated carbocycles. The summed E-state index contributed by atoms with van der Waals surface area (Å²) in [5.74, 6) is -0.891. The minimum absolute atomic E-state index is 0.0600. The lowest BCUT2D eigenvalue weighted by Gasteiger charge is -2.22. The topological polar surface area (TPSA) is 83.7 Å². The highest BCUT2D eigenvalue weighted by Crippen LogP contribution is 2.33. The van der Waals surface area contributed by atoms with E-state index in [0.717, 1.165) is 18.5 Å². The molecule has 96 valence electrons. The Morgan fingerprint density at radius 2 is 2.22 bits per heavy atom. The summed E-state index contributed by atoms with van der Waals surface area (Å²) in [5.41, 5.74) is 1.35. The molecule has 0 atom stereocenters. The molecule has 1 aliphatic carbocycles. The minimum atomic E-state index is -0.891. The fourth-order valence-corrected chi connectivity index (χ4v) is 1.99. The molecule has 6 heteroatoms. The Kier molecular flexibility index (Phi) is 3.18. The smallest absolute Gasteiger partial charge is 0.323 e. The number of aryl methyl sites for hydroxylation is 1. The van der Waals surface area contributed by atoms with Crippen LogP contribution in [-0.4, -0.2) is 28.6 Å². The predicted molar refractivity (Wildman–Crippen MR) is 65.8 cm³/mol. The van der Waals surface area contributed by atoms with Gasteiger partial charge < -0.3 is 10.0 Å². The van der Waals surface area contributed by atoms with Gasteiger partial charge in [-0.2, -0.15) is 0 Å². The molecule has 6 nitrogen and oxygen atoms in total. The molecule has 1 aromatic carbocycles. The van der Waals surface area contributed by atoms with Gasteiger partial charge in [0.25, 0.3) is 5.69 Å². The van der Waals surface area contributed by atoms with E-state index in [-0.39, 0.29) is 18.3 Å². The highest BCUT2D eigenvalue weighted by Gasteiger charge is 2.31. The number of carboxylic acids is 1. The zero-order valence-electron chi connectivity index (χ0n) is 10.00. The van der Waals surface area contributed by atoms with E-state index in [9.17, 15) is 14.9 Å². The van der Waals surface area contributed by atoms with Crippen molar-refractivity contribution in [1.29, 1.82) is 0 Å². The van der Waals surface area contributed by atoms with E-state index in [2.05, 4.69) is 0 Å². The lowest BCUT2D eigenvalue weighted by atomic mass is 10.1. The number of nitro benzene ring substituents is 1. The van der Waals surface area contributed by atoms with Crippen molar-refractivity contribution in [2.24, 2.45) is 0 Å². The van der Waals surface area contributed by atoms with Gasteiger partial charge in [0.2, 0.25) is 0 Å². The van der Waals surface area contributed by atoms with E-state index in [0.29, 0.717) is 5.56 Å². The first-order valence-corrected chi connectivity index (χ1v) is 5.72. The van der Waals surface area contributed by atoms with Crippen LogP contribution in [0.1, 0.15) is 18.4 Å². The van der Waals surface area contributed by atoms with E-state index < -0.39 is 10.9 Å². The molecule has 2 rings (SSSR count). The average molecular weight is 250 g/mol. The summed E-state index contributed by atoms with van der Waals surface area (Å²) >= 11 is 0. The van der Waals surface area contributed by atoms with Crippen LogP contribution >= 0.6 is 0 Å². The maximum absolute atomic E-state index is 10.8. The molecule has 1 N–H and O–H groups in total. The number of aliphatic carboxylic acids is 1. The third kappa shape index (κ3) is 2.58. The molecule has 1 aliphatic rings. The molecule has 0 unspecified atom stereocenters. The molecular formula is C12H14N2O4. The van der Waals surface area contributed by atoms with Gasteiger partial charge >= 0.3 is 5.97 Å². The lowest BCUT2D eigenvalue weighted by Crippen LogP contribution is -2.31. The number of hydrogen-bond donors (Lipinski definition) is 1. The molecule has 0 bridgehead atoms. The molecule has 1 aromatic rings. The average Bonchev–Trinajstić information content (AvgIpc) is 3.08. The molecule has 0 heterocycles. The van der Waals surface area contributed by atoms with Crippen molar-refractivity contribution in [2.45, 2.75) is 25.8 Å². The van der Waals surface area contributed by atoms with Gasteiger partial charge in [0, 0.05) is 23.4 Å². The minimum Gasteiger partial charge on any atom is -0.480 e. The van der Waals surface area contributed by atoms with E-state index in [4.69, 9.17) is 5.11 Å². The van der Waals surface area contributed by atoms with Crippen molar-refractivity contribution in [3.05, 3.63) is 33.9 Å². The molecule has 0 radical (unpaired) electrons. The van der Waals surface area contributed by atoms with Crippen molar-refractivity contribution in [3.8, 4) is 0 Å². The number of carbonyl (C=O) groups is 1. The number of carboxylic acid groups (broad SMARTS) is 1. The SMILES string of the molecule is Cc1cc(N(CC(=O)O)C2CC2)ccc1[N+](=O)[O-]. The maximum atomic E-state index is 10.8. The molecule has 0 spiro atoms. The largest absolute Gasteiger partial charge is 0.480 e. The molecule has 0 amide bonds. The van der Waals surface area contributed by atoms with Gasteiger partial charge in [-0.15, -0.1) is 0 Å². The standard InChI is InChI=1S/C12H14N2O4/c1-8-6-10(4-5-11(8)14(17)18)13(7-12(15)16)9-2-3-9/h4-6,9H,2-3,7H2,1H3,(H,15,16). The summed E-state index contributed by atoms with van der Waals surface area (Å²) in [5, 5.41) is 19.6. The summed E-state index contributed by atoms with van der Waals surface area (Å²) in [6.45, 7) is 1.59. The van der Waals surface area contributed by atoms with E-state index in [1.807, 2.05) is 0 Å². The lowest BCUT2D eigenvalue weighted by molar-refractivity contribution is -0.385. The van der Waals surface area contributed by atoms with Crippen molar-refractivity contribution in [3.63, 3.8) is 0 Å². The first kappa shape index (κ1) is 12.3. The van der Waals surface area contributed by atoms with Crippen LogP contribution in [0, 0.1) is 17.0 Å². The summed E-state index contributed by atoms with van der Waals surface area (Å²) in [6.07, 6.45) is 1.95. The second kappa shape index (κ2) is 4.64. The van der Waals surface area contributed by atoms with Crippen LogP contribution in [0.5, 0.6) is 0 Å². The third-order valence-corrected chi connectivity index (χ3v) is 3.00. The van der Waals surface area contributed by atoms with Crippen LogP contribution in [0.15, 0.2) is 18.2 Å². The van der Waals surface area contributed by atoms with Crippen LogP contribution < -0.4 is 4.90 Å². The molecule has 18 heavy (non-hydrogen) atoms. The first-order chi connectivity index (χ1) is 8.49. The van der Waals surface area contributed by atoms with Crippen LogP contribution in [0.3, 0.4) is 0 Å². The number of hydrogen-bond acceptors (Lipinski definition) is 4. The summed E-state index contributed by atoms with van der Waals surface area (Å²) in [4.78, 5) is 22.9. The zero-order valence-corrected chi connectivity index (χ0v) is 10.00. The number of anilines is 1. The Labute approximate surface area is 104 Å². The molecule has 0 saturated heterocycles. The van der Waals surface area contributed by atoms with E-state index in [1.54, 1.807) is 24.0 Å². The highest BCUT2D eigenvalue weighted by molar-refractivity contribution is 5.74. The second-order valence-corrected chi connectivity index (χ2v) is 4.48. The van der Waals surface area contributed by atoms with Crippen molar-refractivity contribution < 1.29 is 14.8 Å². The Balaban J connectivity index is 2.28. The molecular weight excluding hydrogens is 236 g/mol. The third-order valence-electron chi connectivity index (χ3n) is 3.00. The summed E-state index contributed by atoms with van der Waals surface area (Å²) in [6, 6.07) is 4.98. The van der Waals surface area contributed by atoms with Crippen LogP contribution in [0.2, 0.25) is 0 Å². The van der Waals surface area contributed by atoms with Gasteiger partial charge in [-0.1, -0.05) is 0 Å². The number of nitrogens with zero attached hydrogens (tertiary/aromatic N) is 2. The van der Waals surface area contributed by atoms with Gasteiger partial charge in [-0.05, 0) is 31.9 Å². The van der Waals surface area contributed by atoms with Crippen LogP contribution in [0.4, 0.5) is 11.4 Å². The second-order valence-electron chi connectivity index (χ2n) is 4.48. The monoisotopic (exact) mass is 250 g/mol. The summed E-state index contributed by atoms with van der Waals surface area (Å²) < 4.78 is 0. The number of rotatable bonds is 5. The maximum Gasteiger partial charge on any atom is 0.323 e. The van der Waals surface area contributed by atoms with Crippen molar-refractivity contribution >= 4 is 17.3 Å². The Morgan fingerprint density at radius 1 is 1.56 bits per heavy atom. The van der Waals surface area contributed by atoms with Gasteiger partial charge in [-0.25, -0.2) is 0 Å². The normalized spacial score (nSPS) is 14.3. The Morgan fingerprint density at radius 3 is 2.67 bits per heavy atom. The fraction of sp³-hybridized carbons (Fsp3) is 0.417. The van der Waals surface area contributed by atoms with Crippen molar-refractivity contribution in [2.75, 3.05) is 11.4 Å². The molecule has 1 fully saturated rings. The quantitative estimate of drug-likeness (QED) is 0.637. The van der Waals surface area contributed by atoms with Gasteiger partial charge in [0.1, 0.15) is 6.54 Å². The Bertz CT molecular complexity index is 497. The van der Waals surface area contributed by atoms with Gasteiger partial charge in [0.15, 0.2) is 0 Å². The van der Waals surface area contributed by atoms with Gasteiger partial charge in [0.05, 0.1) is 4.92 Å². The highest BCUT2D eigenvalue weighted by atomic mass is 16.6.